The fourth-order valence-electron chi connectivity index (χ4n) is 2.78. The van der Waals surface area contributed by atoms with Crippen molar-refractivity contribution in [1.82, 2.24) is 14.6 Å². The molecule has 2 fully saturated rings. The van der Waals surface area contributed by atoms with Crippen molar-refractivity contribution in [3.63, 3.8) is 0 Å². The van der Waals surface area contributed by atoms with Crippen molar-refractivity contribution in [2.45, 2.75) is 17.5 Å². The molecule has 2 aliphatic heterocycles. The van der Waals surface area contributed by atoms with Gasteiger partial charge in [-0.05, 0) is 31.0 Å². The normalized spacial score (nSPS) is 28.5. The van der Waals surface area contributed by atoms with E-state index in [1.807, 2.05) is 0 Å². The summed E-state index contributed by atoms with van der Waals surface area (Å²) in [4.78, 5) is 3.68. The molecule has 0 radical (unpaired) electrons. The second-order valence-corrected chi connectivity index (χ2v) is 6.49. The van der Waals surface area contributed by atoms with Gasteiger partial charge in [0.15, 0.2) is 5.82 Å². The van der Waals surface area contributed by atoms with E-state index < -0.39 is 20.9 Å². The highest BCUT2D eigenvalue weighted by Crippen LogP contribution is 2.32. The first kappa shape index (κ1) is 12.0. The maximum Gasteiger partial charge on any atom is 0.263 e. The van der Waals surface area contributed by atoms with Crippen LogP contribution in [0.15, 0.2) is 23.4 Å². The zero-order valence-electron chi connectivity index (χ0n) is 9.71. The summed E-state index contributed by atoms with van der Waals surface area (Å²) in [6.45, 7) is 1.93. The van der Waals surface area contributed by atoms with Gasteiger partial charge in [-0.1, -0.05) is 0 Å². The number of hydrogen-bond donors (Lipinski definition) is 1. The summed E-state index contributed by atoms with van der Waals surface area (Å²) in [5.74, 6) is -0.446. The molecular weight excluding hydrogens is 257 g/mol. The van der Waals surface area contributed by atoms with Gasteiger partial charge in [-0.3, -0.25) is 0 Å². The number of aromatic nitrogens is 1. The minimum Gasteiger partial charge on any atom is -0.315 e. The zero-order valence-corrected chi connectivity index (χ0v) is 10.5. The van der Waals surface area contributed by atoms with Gasteiger partial charge in [0.25, 0.3) is 10.0 Å². The molecule has 2 atom stereocenters. The minimum absolute atomic E-state index is 0.0589. The van der Waals surface area contributed by atoms with Crippen LogP contribution in [0.4, 0.5) is 4.39 Å². The lowest BCUT2D eigenvalue weighted by molar-refractivity contribution is 0.378. The van der Waals surface area contributed by atoms with Crippen LogP contribution < -0.4 is 5.32 Å². The monoisotopic (exact) mass is 271 g/mol. The molecule has 0 aliphatic carbocycles. The second kappa shape index (κ2) is 4.25. The highest BCUT2D eigenvalue weighted by Gasteiger charge is 2.44. The van der Waals surface area contributed by atoms with Gasteiger partial charge in [0.1, 0.15) is 0 Å². The highest BCUT2D eigenvalue weighted by atomic mass is 32.2. The van der Waals surface area contributed by atoms with Crippen LogP contribution in [-0.2, 0) is 10.0 Å². The van der Waals surface area contributed by atoms with Crippen LogP contribution in [0.5, 0.6) is 0 Å². The van der Waals surface area contributed by atoms with Crippen molar-refractivity contribution < 1.29 is 12.8 Å². The number of fused-ring (bicyclic) bond motifs is 1. The molecule has 0 unspecified atom stereocenters. The number of pyridine rings is 1. The minimum atomic E-state index is -3.82. The van der Waals surface area contributed by atoms with Crippen LogP contribution in [0.1, 0.15) is 6.42 Å². The van der Waals surface area contributed by atoms with Crippen molar-refractivity contribution in [1.29, 1.82) is 0 Å². The van der Waals surface area contributed by atoms with Gasteiger partial charge in [-0.2, -0.15) is 4.31 Å². The molecule has 2 aliphatic rings. The maximum atomic E-state index is 13.6. The zero-order chi connectivity index (χ0) is 12.8. The molecule has 0 bridgehead atoms. The van der Waals surface area contributed by atoms with E-state index >= 15 is 0 Å². The van der Waals surface area contributed by atoms with Crippen molar-refractivity contribution in [3.8, 4) is 0 Å². The van der Waals surface area contributed by atoms with Gasteiger partial charge >= 0.3 is 0 Å². The molecule has 1 aromatic heterocycles. The van der Waals surface area contributed by atoms with Crippen LogP contribution in [-0.4, -0.2) is 43.4 Å². The number of nitrogens with one attached hydrogen (secondary N) is 1. The molecule has 2 saturated heterocycles. The van der Waals surface area contributed by atoms with Crippen LogP contribution in [0.25, 0.3) is 0 Å². The van der Waals surface area contributed by atoms with Gasteiger partial charge < -0.3 is 5.32 Å². The molecule has 1 aromatic rings. The Morgan fingerprint density at radius 2 is 2.28 bits per heavy atom. The van der Waals surface area contributed by atoms with Crippen LogP contribution in [0.2, 0.25) is 0 Å². The smallest absolute Gasteiger partial charge is 0.263 e. The summed E-state index contributed by atoms with van der Waals surface area (Å²) < 4.78 is 39.8. The number of rotatable bonds is 2. The Bertz CT molecular complexity index is 563. The van der Waals surface area contributed by atoms with E-state index in [1.165, 1.54) is 16.6 Å². The van der Waals surface area contributed by atoms with Gasteiger partial charge in [-0.25, -0.2) is 17.8 Å². The molecular formula is C11H14FN3O2S. The van der Waals surface area contributed by atoms with Crippen molar-refractivity contribution >= 4 is 10.0 Å². The topological polar surface area (TPSA) is 62.3 Å². The number of sulfonamides is 1. The Balaban J connectivity index is 1.98. The van der Waals surface area contributed by atoms with Crippen molar-refractivity contribution in [3.05, 3.63) is 24.1 Å². The predicted molar refractivity (Wildman–Crippen MR) is 62.9 cm³/mol. The van der Waals surface area contributed by atoms with Crippen LogP contribution in [0, 0.1) is 11.7 Å². The summed E-state index contributed by atoms with van der Waals surface area (Å²) >= 11 is 0. The molecule has 0 aromatic carbocycles. The van der Waals surface area contributed by atoms with E-state index in [2.05, 4.69) is 10.3 Å². The quantitative estimate of drug-likeness (QED) is 0.835. The third kappa shape index (κ3) is 1.73. The first-order valence-electron chi connectivity index (χ1n) is 5.94. The van der Waals surface area contributed by atoms with E-state index in [0.717, 1.165) is 19.0 Å². The average Bonchev–Trinajstić information content (AvgIpc) is 2.90. The molecule has 98 valence electrons. The average molecular weight is 271 g/mol. The lowest BCUT2D eigenvalue weighted by atomic mass is 10.1. The Kier molecular flexibility index (Phi) is 2.84. The molecule has 18 heavy (non-hydrogen) atoms. The molecule has 3 rings (SSSR count). The summed E-state index contributed by atoms with van der Waals surface area (Å²) in [6, 6.07) is 2.45. The number of nitrogens with zero attached hydrogens (tertiary/aromatic N) is 2. The molecule has 0 amide bonds. The summed E-state index contributed by atoms with van der Waals surface area (Å²) in [7, 11) is -3.82. The summed E-state index contributed by atoms with van der Waals surface area (Å²) in [5.41, 5.74) is 0. The SMILES string of the molecule is O=S(=O)(c1ncccc1F)N1CC[C@H]2CNC[C@H]21. The van der Waals surface area contributed by atoms with E-state index in [9.17, 15) is 12.8 Å². The standard InChI is InChI=1S/C11H14FN3O2S/c12-9-2-1-4-14-11(9)18(16,17)15-5-3-8-6-13-7-10(8)15/h1-2,4,8,10,13H,3,5-7H2/t8-,10+/m0/s1. The molecule has 0 saturated carbocycles. The Morgan fingerprint density at radius 1 is 1.44 bits per heavy atom. The van der Waals surface area contributed by atoms with E-state index in [0.29, 0.717) is 19.0 Å². The van der Waals surface area contributed by atoms with E-state index in [1.54, 1.807) is 0 Å². The van der Waals surface area contributed by atoms with Crippen LogP contribution in [0.3, 0.4) is 0 Å². The fraction of sp³-hybridized carbons (Fsp3) is 0.545. The number of halogens is 1. The maximum absolute atomic E-state index is 13.6. The predicted octanol–water partition coefficient (Wildman–Crippen LogP) is 0.203. The molecule has 5 nitrogen and oxygen atoms in total. The van der Waals surface area contributed by atoms with Gasteiger partial charge in [0, 0.05) is 25.3 Å². The molecule has 1 N–H and O–H groups in total. The number of hydrogen-bond acceptors (Lipinski definition) is 4. The second-order valence-electron chi connectivity index (χ2n) is 4.68. The van der Waals surface area contributed by atoms with Gasteiger partial charge in [0.05, 0.1) is 0 Å². The molecule has 3 heterocycles. The van der Waals surface area contributed by atoms with Gasteiger partial charge in [0.2, 0.25) is 5.03 Å². The third-order valence-corrected chi connectivity index (χ3v) is 5.53. The summed E-state index contributed by atoms with van der Waals surface area (Å²) in [5, 5.41) is 2.71. The first-order chi connectivity index (χ1) is 8.60. The Morgan fingerprint density at radius 3 is 3.06 bits per heavy atom. The van der Waals surface area contributed by atoms with E-state index in [4.69, 9.17) is 0 Å². The molecule has 0 spiro atoms. The molecule has 7 heteroatoms. The Labute approximate surface area is 105 Å². The fourth-order valence-corrected chi connectivity index (χ4v) is 4.46. The van der Waals surface area contributed by atoms with Gasteiger partial charge in [-0.15, -0.1) is 0 Å². The lowest BCUT2D eigenvalue weighted by Crippen LogP contribution is -2.39. The first-order valence-corrected chi connectivity index (χ1v) is 7.38. The Hall–Kier alpha value is -1.05. The largest absolute Gasteiger partial charge is 0.315 e. The van der Waals surface area contributed by atoms with Crippen molar-refractivity contribution in [2.75, 3.05) is 19.6 Å². The summed E-state index contributed by atoms with van der Waals surface area (Å²) in [6.07, 6.45) is 2.13. The van der Waals surface area contributed by atoms with Crippen LogP contribution >= 0.6 is 0 Å². The van der Waals surface area contributed by atoms with E-state index in [-0.39, 0.29) is 6.04 Å². The highest BCUT2D eigenvalue weighted by molar-refractivity contribution is 7.89. The lowest BCUT2D eigenvalue weighted by Gasteiger charge is -2.22. The third-order valence-electron chi connectivity index (χ3n) is 3.67. The van der Waals surface area contributed by atoms with Crippen molar-refractivity contribution in [2.24, 2.45) is 5.92 Å².